The van der Waals surface area contributed by atoms with Crippen molar-refractivity contribution >= 4 is 0 Å². The van der Waals surface area contributed by atoms with Gasteiger partial charge < -0.3 is 10.1 Å². The van der Waals surface area contributed by atoms with Gasteiger partial charge in [-0.2, -0.15) is 0 Å². The van der Waals surface area contributed by atoms with Crippen LogP contribution in [-0.2, 0) is 13.1 Å². The van der Waals surface area contributed by atoms with Gasteiger partial charge >= 0.3 is 0 Å². The van der Waals surface area contributed by atoms with Crippen LogP contribution in [0.2, 0.25) is 0 Å². The zero-order valence-electron chi connectivity index (χ0n) is 10.3. The molecular weight excluding hydrogens is 229 g/mol. The molecule has 0 unspecified atom stereocenters. The molecule has 0 aliphatic heterocycles. The molecule has 1 N–H and O–H groups in total. The number of rotatable bonds is 5. The van der Waals surface area contributed by atoms with E-state index in [0.717, 1.165) is 12.1 Å². The molecule has 0 bridgehead atoms. The molecule has 0 fully saturated rings. The molecule has 0 aliphatic carbocycles. The number of nitrogens with one attached hydrogen (secondary N) is 1. The van der Waals surface area contributed by atoms with Crippen molar-refractivity contribution in [2.75, 3.05) is 7.11 Å². The average Bonchev–Trinajstić information content (AvgIpc) is 2.40. The molecule has 0 atom stereocenters. The van der Waals surface area contributed by atoms with Gasteiger partial charge in [-0.15, -0.1) is 0 Å². The summed E-state index contributed by atoms with van der Waals surface area (Å²) in [5.74, 6) is -0.0432. The number of hydrogen-bond donors (Lipinski definition) is 1. The lowest BCUT2D eigenvalue weighted by Gasteiger charge is -2.07. The molecule has 0 heterocycles. The van der Waals surface area contributed by atoms with Crippen molar-refractivity contribution in [3.63, 3.8) is 0 Å². The maximum Gasteiger partial charge on any atom is 0.165 e. The minimum absolute atomic E-state index is 0.279. The van der Waals surface area contributed by atoms with Gasteiger partial charge in [-0.25, -0.2) is 4.39 Å². The van der Waals surface area contributed by atoms with Crippen molar-refractivity contribution in [2.24, 2.45) is 0 Å². The largest absolute Gasteiger partial charge is 0.494 e. The maximum atomic E-state index is 13.4. The predicted molar refractivity (Wildman–Crippen MR) is 69.9 cm³/mol. The van der Waals surface area contributed by atoms with E-state index in [1.54, 1.807) is 6.07 Å². The van der Waals surface area contributed by atoms with Gasteiger partial charge in [-0.3, -0.25) is 0 Å². The Bertz CT molecular complexity index is 499. The first kappa shape index (κ1) is 12.6. The summed E-state index contributed by atoms with van der Waals surface area (Å²) >= 11 is 0. The SMILES string of the molecule is COc1ccc(CNCc2ccccc2)cc1F. The fraction of sp³-hybridized carbons (Fsp3) is 0.200. The van der Waals surface area contributed by atoms with Crippen molar-refractivity contribution in [3.8, 4) is 5.75 Å². The zero-order valence-corrected chi connectivity index (χ0v) is 10.3. The molecule has 0 saturated heterocycles. The van der Waals surface area contributed by atoms with Crippen LogP contribution in [0.1, 0.15) is 11.1 Å². The normalized spacial score (nSPS) is 10.3. The van der Waals surface area contributed by atoms with Gasteiger partial charge in [0.15, 0.2) is 11.6 Å². The third-order valence-corrected chi connectivity index (χ3v) is 2.72. The lowest BCUT2D eigenvalue weighted by atomic mass is 10.2. The summed E-state index contributed by atoms with van der Waals surface area (Å²) < 4.78 is 18.3. The Kier molecular flexibility index (Phi) is 4.31. The monoisotopic (exact) mass is 245 g/mol. The predicted octanol–water partition coefficient (Wildman–Crippen LogP) is 3.12. The minimum atomic E-state index is -0.323. The first-order chi connectivity index (χ1) is 8.79. The van der Waals surface area contributed by atoms with Gasteiger partial charge in [0.2, 0.25) is 0 Å². The third-order valence-electron chi connectivity index (χ3n) is 2.72. The smallest absolute Gasteiger partial charge is 0.165 e. The minimum Gasteiger partial charge on any atom is -0.494 e. The Hall–Kier alpha value is -1.87. The Morgan fingerprint density at radius 1 is 1.00 bits per heavy atom. The van der Waals surface area contributed by atoms with E-state index in [1.165, 1.54) is 18.7 Å². The number of hydrogen-bond acceptors (Lipinski definition) is 2. The molecular formula is C15H16FNO. The van der Waals surface area contributed by atoms with E-state index in [9.17, 15) is 4.39 Å². The molecule has 0 radical (unpaired) electrons. The first-order valence-electron chi connectivity index (χ1n) is 5.86. The Labute approximate surface area is 106 Å². The lowest BCUT2D eigenvalue weighted by molar-refractivity contribution is 0.386. The molecule has 0 spiro atoms. The van der Waals surface area contributed by atoms with Gasteiger partial charge in [-0.05, 0) is 23.3 Å². The summed E-state index contributed by atoms with van der Waals surface area (Å²) in [7, 11) is 1.46. The van der Waals surface area contributed by atoms with Gasteiger partial charge in [-0.1, -0.05) is 36.4 Å². The Balaban J connectivity index is 1.89. The standard InChI is InChI=1S/C15H16FNO/c1-18-15-8-7-13(9-14(15)16)11-17-10-12-5-3-2-4-6-12/h2-9,17H,10-11H2,1H3. The topological polar surface area (TPSA) is 21.3 Å². The number of methoxy groups -OCH3 is 1. The lowest BCUT2D eigenvalue weighted by Crippen LogP contribution is -2.12. The molecule has 2 nitrogen and oxygen atoms in total. The molecule has 0 saturated carbocycles. The van der Waals surface area contributed by atoms with Gasteiger partial charge in [0.05, 0.1) is 7.11 Å². The molecule has 0 aromatic heterocycles. The van der Waals surface area contributed by atoms with Crippen LogP contribution in [0.3, 0.4) is 0 Å². The summed E-state index contributed by atoms with van der Waals surface area (Å²) in [6, 6.07) is 15.1. The summed E-state index contributed by atoms with van der Waals surface area (Å²) in [5, 5.41) is 3.28. The van der Waals surface area contributed by atoms with Crippen molar-refractivity contribution in [3.05, 3.63) is 65.5 Å². The van der Waals surface area contributed by atoms with E-state index in [0.29, 0.717) is 6.54 Å². The number of halogens is 1. The summed E-state index contributed by atoms with van der Waals surface area (Å²) in [5.41, 5.74) is 2.12. The van der Waals surface area contributed by atoms with Crippen LogP contribution in [-0.4, -0.2) is 7.11 Å². The van der Waals surface area contributed by atoms with Gasteiger partial charge in [0.25, 0.3) is 0 Å². The van der Waals surface area contributed by atoms with Crippen molar-refractivity contribution in [1.82, 2.24) is 5.32 Å². The third kappa shape index (κ3) is 3.31. The highest BCUT2D eigenvalue weighted by Gasteiger charge is 2.02. The average molecular weight is 245 g/mol. The van der Waals surface area contributed by atoms with Crippen molar-refractivity contribution in [2.45, 2.75) is 13.1 Å². The highest BCUT2D eigenvalue weighted by atomic mass is 19.1. The molecule has 0 aliphatic rings. The molecule has 0 amide bonds. The quantitative estimate of drug-likeness (QED) is 0.873. The van der Waals surface area contributed by atoms with Crippen LogP contribution in [0.5, 0.6) is 5.75 Å². The van der Waals surface area contributed by atoms with Gasteiger partial charge in [0, 0.05) is 13.1 Å². The highest BCUT2D eigenvalue weighted by Crippen LogP contribution is 2.17. The van der Waals surface area contributed by atoms with Crippen LogP contribution in [0, 0.1) is 5.82 Å². The van der Waals surface area contributed by atoms with Crippen LogP contribution >= 0.6 is 0 Å². The van der Waals surface area contributed by atoms with Crippen molar-refractivity contribution < 1.29 is 9.13 Å². The molecule has 18 heavy (non-hydrogen) atoms. The van der Waals surface area contributed by atoms with Crippen molar-refractivity contribution in [1.29, 1.82) is 0 Å². The maximum absolute atomic E-state index is 13.4. The van der Waals surface area contributed by atoms with Crippen LogP contribution in [0.15, 0.2) is 48.5 Å². The van der Waals surface area contributed by atoms with Crippen LogP contribution < -0.4 is 10.1 Å². The van der Waals surface area contributed by atoms with Gasteiger partial charge in [0.1, 0.15) is 0 Å². The second kappa shape index (κ2) is 6.17. The molecule has 3 heteroatoms. The first-order valence-corrected chi connectivity index (χ1v) is 5.86. The Morgan fingerprint density at radius 2 is 1.72 bits per heavy atom. The summed E-state index contributed by atoms with van der Waals surface area (Å²) in [4.78, 5) is 0. The fourth-order valence-corrected chi connectivity index (χ4v) is 1.77. The summed E-state index contributed by atoms with van der Waals surface area (Å²) in [6.45, 7) is 1.41. The van der Waals surface area contributed by atoms with E-state index >= 15 is 0 Å². The summed E-state index contributed by atoms with van der Waals surface area (Å²) in [6.07, 6.45) is 0. The second-order valence-corrected chi connectivity index (χ2v) is 4.06. The van der Waals surface area contributed by atoms with Crippen LogP contribution in [0.4, 0.5) is 4.39 Å². The molecule has 2 rings (SSSR count). The molecule has 2 aromatic carbocycles. The number of benzene rings is 2. The fourth-order valence-electron chi connectivity index (χ4n) is 1.77. The van der Waals surface area contributed by atoms with E-state index < -0.39 is 0 Å². The number of ether oxygens (including phenoxy) is 1. The van der Waals surface area contributed by atoms with E-state index in [2.05, 4.69) is 17.4 Å². The van der Waals surface area contributed by atoms with E-state index in [-0.39, 0.29) is 11.6 Å². The molecule has 2 aromatic rings. The van der Waals surface area contributed by atoms with Crippen LogP contribution in [0.25, 0.3) is 0 Å². The van der Waals surface area contributed by atoms with E-state index in [1.807, 2.05) is 24.3 Å². The highest BCUT2D eigenvalue weighted by molar-refractivity contribution is 5.29. The van der Waals surface area contributed by atoms with E-state index in [4.69, 9.17) is 4.74 Å². The molecule has 94 valence electrons. The zero-order chi connectivity index (χ0) is 12.8. The second-order valence-electron chi connectivity index (χ2n) is 4.06. The Morgan fingerprint density at radius 3 is 2.39 bits per heavy atom.